The standard InChI is InChI=1S/C15H21ClN2O2/c1-12-3-4-14(20-2)13(11-12)15(19)18-9-7-17(6-5-16)8-10-18/h3-4,11H,5-10H2,1-2H3. The van der Waals surface area contributed by atoms with E-state index in [9.17, 15) is 4.79 Å². The van der Waals surface area contributed by atoms with Gasteiger partial charge in [-0.3, -0.25) is 9.69 Å². The van der Waals surface area contributed by atoms with Crippen LogP contribution in [0.15, 0.2) is 18.2 Å². The second kappa shape index (κ2) is 6.95. The molecule has 1 aliphatic rings. The quantitative estimate of drug-likeness (QED) is 0.797. The van der Waals surface area contributed by atoms with Crippen molar-refractivity contribution in [3.8, 4) is 5.75 Å². The number of hydrogen-bond donors (Lipinski definition) is 0. The third kappa shape index (κ3) is 3.44. The lowest BCUT2D eigenvalue weighted by molar-refractivity contribution is 0.0641. The largest absolute Gasteiger partial charge is 0.496 e. The molecule has 1 aromatic carbocycles. The summed E-state index contributed by atoms with van der Waals surface area (Å²) in [7, 11) is 1.60. The molecule has 0 unspecified atom stereocenters. The Morgan fingerprint density at radius 3 is 2.60 bits per heavy atom. The number of nitrogens with zero attached hydrogens (tertiary/aromatic N) is 2. The maximum atomic E-state index is 12.6. The average molecular weight is 297 g/mol. The number of hydrogen-bond acceptors (Lipinski definition) is 3. The lowest BCUT2D eigenvalue weighted by atomic mass is 10.1. The van der Waals surface area contributed by atoms with E-state index in [2.05, 4.69) is 4.90 Å². The maximum absolute atomic E-state index is 12.6. The van der Waals surface area contributed by atoms with Crippen LogP contribution in [0.4, 0.5) is 0 Å². The molecule has 0 atom stereocenters. The molecule has 1 heterocycles. The van der Waals surface area contributed by atoms with Gasteiger partial charge < -0.3 is 9.64 Å². The van der Waals surface area contributed by atoms with Crippen LogP contribution >= 0.6 is 11.6 Å². The van der Waals surface area contributed by atoms with Crippen molar-refractivity contribution in [3.63, 3.8) is 0 Å². The third-order valence-corrected chi connectivity index (χ3v) is 3.81. The fourth-order valence-corrected chi connectivity index (χ4v) is 2.69. The van der Waals surface area contributed by atoms with Gasteiger partial charge in [-0.1, -0.05) is 11.6 Å². The SMILES string of the molecule is COc1ccc(C)cc1C(=O)N1CCN(CCCl)CC1. The first kappa shape index (κ1) is 15.1. The molecule has 4 nitrogen and oxygen atoms in total. The van der Waals surface area contributed by atoms with Crippen molar-refractivity contribution in [2.75, 3.05) is 45.7 Å². The number of benzene rings is 1. The van der Waals surface area contributed by atoms with E-state index in [0.717, 1.165) is 38.3 Å². The Balaban J connectivity index is 2.07. The summed E-state index contributed by atoms with van der Waals surface area (Å²) in [5.41, 5.74) is 1.72. The van der Waals surface area contributed by atoms with Gasteiger partial charge in [-0.2, -0.15) is 0 Å². The second-order valence-corrected chi connectivity index (χ2v) is 5.40. The zero-order valence-corrected chi connectivity index (χ0v) is 12.8. The molecular weight excluding hydrogens is 276 g/mol. The molecule has 1 saturated heterocycles. The summed E-state index contributed by atoms with van der Waals surface area (Å²) in [6.07, 6.45) is 0. The number of carbonyl (C=O) groups excluding carboxylic acids is 1. The summed E-state index contributed by atoms with van der Waals surface area (Å²) in [5.74, 6) is 1.33. The minimum Gasteiger partial charge on any atom is -0.496 e. The molecule has 0 aliphatic carbocycles. The van der Waals surface area contributed by atoms with Gasteiger partial charge in [-0.25, -0.2) is 0 Å². The first-order valence-corrected chi connectivity index (χ1v) is 7.41. The molecule has 1 amide bonds. The Labute approximate surface area is 125 Å². The lowest BCUT2D eigenvalue weighted by Crippen LogP contribution is -2.49. The number of methoxy groups -OCH3 is 1. The third-order valence-electron chi connectivity index (χ3n) is 3.65. The number of rotatable bonds is 4. The van der Waals surface area contributed by atoms with Crippen molar-refractivity contribution in [1.29, 1.82) is 0 Å². The van der Waals surface area contributed by atoms with Crippen LogP contribution in [0.1, 0.15) is 15.9 Å². The van der Waals surface area contributed by atoms with E-state index < -0.39 is 0 Å². The molecule has 0 spiro atoms. The number of halogens is 1. The van der Waals surface area contributed by atoms with Crippen molar-refractivity contribution >= 4 is 17.5 Å². The molecule has 1 fully saturated rings. The predicted octanol–water partition coefficient (Wildman–Crippen LogP) is 2.00. The first-order valence-electron chi connectivity index (χ1n) is 6.88. The van der Waals surface area contributed by atoms with Crippen molar-refractivity contribution < 1.29 is 9.53 Å². The summed E-state index contributed by atoms with van der Waals surface area (Å²) < 4.78 is 5.30. The van der Waals surface area contributed by atoms with Crippen LogP contribution in [0.2, 0.25) is 0 Å². The van der Waals surface area contributed by atoms with E-state index >= 15 is 0 Å². The van der Waals surface area contributed by atoms with E-state index in [-0.39, 0.29) is 5.91 Å². The van der Waals surface area contributed by atoms with Crippen molar-refractivity contribution in [2.24, 2.45) is 0 Å². The van der Waals surface area contributed by atoms with Crippen LogP contribution in [0, 0.1) is 6.92 Å². The van der Waals surface area contributed by atoms with Gasteiger partial charge >= 0.3 is 0 Å². The van der Waals surface area contributed by atoms with Crippen LogP contribution in [0.5, 0.6) is 5.75 Å². The lowest BCUT2D eigenvalue weighted by Gasteiger charge is -2.34. The number of aryl methyl sites for hydroxylation is 1. The van der Waals surface area contributed by atoms with Crippen LogP contribution < -0.4 is 4.74 Å². The normalized spacial score (nSPS) is 16.2. The van der Waals surface area contributed by atoms with E-state index in [1.165, 1.54) is 0 Å². The van der Waals surface area contributed by atoms with Crippen LogP contribution in [-0.4, -0.2) is 61.4 Å². The number of carbonyl (C=O) groups is 1. The molecule has 0 bridgehead atoms. The van der Waals surface area contributed by atoms with Crippen LogP contribution in [-0.2, 0) is 0 Å². The summed E-state index contributed by atoms with van der Waals surface area (Å²) >= 11 is 5.75. The zero-order chi connectivity index (χ0) is 14.5. The summed E-state index contributed by atoms with van der Waals surface area (Å²) in [4.78, 5) is 16.8. The van der Waals surface area contributed by atoms with Gasteiger partial charge in [0, 0.05) is 38.6 Å². The molecule has 20 heavy (non-hydrogen) atoms. The summed E-state index contributed by atoms with van der Waals surface area (Å²) in [6.45, 7) is 6.12. The maximum Gasteiger partial charge on any atom is 0.257 e. The molecular formula is C15H21ClN2O2. The molecule has 1 aliphatic heterocycles. The van der Waals surface area contributed by atoms with E-state index in [4.69, 9.17) is 16.3 Å². The highest BCUT2D eigenvalue weighted by Crippen LogP contribution is 2.22. The Bertz CT molecular complexity index is 471. The Morgan fingerprint density at radius 1 is 1.30 bits per heavy atom. The average Bonchev–Trinajstić information content (AvgIpc) is 2.47. The van der Waals surface area contributed by atoms with Crippen LogP contribution in [0.25, 0.3) is 0 Å². The van der Waals surface area contributed by atoms with Crippen molar-refractivity contribution in [1.82, 2.24) is 9.80 Å². The molecule has 110 valence electrons. The molecule has 0 radical (unpaired) electrons. The predicted molar refractivity (Wildman–Crippen MR) is 80.8 cm³/mol. The minimum absolute atomic E-state index is 0.0519. The van der Waals surface area contributed by atoms with Gasteiger partial charge in [0.1, 0.15) is 5.75 Å². The van der Waals surface area contributed by atoms with Gasteiger partial charge in [0.25, 0.3) is 5.91 Å². The zero-order valence-electron chi connectivity index (χ0n) is 12.1. The van der Waals surface area contributed by atoms with Crippen molar-refractivity contribution in [3.05, 3.63) is 29.3 Å². The molecule has 2 rings (SSSR count). The summed E-state index contributed by atoms with van der Waals surface area (Å²) in [6, 6.07) is 5.70. The Morgan fingerprint density at radius 2 is 2.00 bits per heavy atom. The molecule has 1 aromatic rings. The molecule has 5 heteroatoms. The number of alkyl halides is 1. The van der Waals surface area contributed by atoms with Gasteiger partial charge in [0.2, 0.25) is 0 Å². The van der Waals surface area contributed by atoms with Gasteiger partial charge in [-0.15, -0.1) is 11.6 Å². The fourth-order valence-electron chi connectivity index (χ4n) is 2.45. The number of piperazine rings is 1. The first-order chi connectivity index (χ1) is 9.65. The monoisotopic (exact) mass is 296 g/mol. The second-order valence-electron chi connectivity index (χ2n) is 5.03. The highest BCUT2D eigenvalue weighted by Gasteiger charge is 2.23. The minimum atomic E-state index is 0.0519. The van der Waals surface area contributed by atoms with Crippen molar-refractivity contribution in [2.45, 2.75) is 6.92 Å². The Hall–Kier alpha value is -1.26. The van der Waals surface area contributed by atoms with Gasteiger partial charge in [-0.05, 0) is 19.1 Å². The molecule has 0 N–H and O–H groups in total. The van der Waals surface area contributed by atoms with E-state index in [1.807, 2.05) is 30.0 Å². The molecule has 0 aromatic heterocycles. The van der Waals surface area contributed by atoms with E-state index in [0.29, 0.717) is 17.2 Å². The smallest absolute Gasteiger partial charge is 0.257 e. The number of ether oxygens (including phenoxy) is 1. The van der Waals surface area contributed by atoms with Gasteiger partial charge in [0.15, 0.2) is 0 Å². The Kier molecular flexibility index (Phi) is 5.26. The highest BCUT2D eigenvalue weighted by atomic mass is 35.5. The fraction of sp³-hybridized carbons (Fsp3) is 0.533. The summed E-state index contributed by atoms with van der Waals surface area (Å²) in [5, 5.41) is 0. The van der Waals surface area contributed by atoms with E-state index in [1.54, 1.807) is 7.11 Å². The van der Waals surface area contributed by atoms with Crippen LogP contribution in [0.3, 0.4) is 0 Å². The topological polar surface area (TPSA) is 32.8 Å². The highest BCUT2D eigenvalue weighted by molar-refractivity contribution is 6.18. The molecule has 0 saturated carbocycles. The number of amides is 1. The van der Waals surface area contributed by atoms with Gasteiger partial charge in [0.05, 0.1) is 12.7 Å².